The molecule has 0 aliphatic rings. The zero-order chi connectivity index (χ0) is 18.2. The van der Waals surface area contributed by atoms with Gasteiger partial charge in [-0.15, -0.1) is 0 Å². The van der Waals surface area contributed by atoms with Crippen molar-refractivity contribution in [3.8, 4) is 0 Å². The van der Waals surface area contributed by atoms with Gasteiger partial charge in [-0.25, -0.2) is 4.79 Å². The van der Waals surface area contributed by atoms with Gasteiger partial charge in [0.2, 0.25) is 0 Å². The molecule has 3 rings (SSSR count). The van der Waals surface area contributed by atoms with Crippen LogP contribution in [-0.2, 0) is 0 Å². The van der Waals surface area contributed by atoms with Gasteiger partial charge in [0.05, 0.1) is 0 Å². The predicted octanol–water partition coefficient (Wildman–Crippen LogP) is 5.23. The van der Waals surface area contributed by atoms with Crippen LogP contribution >= 0.6 is 0 Å². The Morgan fingerprint density at radius 3 is 2.04 bits per heavy atom. The lowest BCUT2D eigenvalue weighted by Gasteiger charge is -2.08. The van der Waals surface area contributed by atoms with Crippen LogP contribution < -0.4 is 10.6 Å². The summed E-state index contributed by atoms with van der Waals surface area (Å²) in [5.74, 6) is -0.124. The molecule has 0 saturated heterocycles. The molecule has 0 bridgehead atoms. The molecule has 4 heteroatoms. The van der Waals surface area contributed by atoms with Gasteiger partial charge in [0, 0.05) is 16.9 Å². The fourth-order valence-corrected chi connectivity index (χ4v) is 2.40. The molecule has 2 amide bonds. The third kappa shape index (κ3) is 4.92. The van der Waals surface area contributed by atoms with Crippen LogP contribution in [0.25, 0.3) is 6.08 Å². The van der Waals surface area contributed by atoms with E-state index in [1.807, 2.05) is 48.5 Å². The summed E-state index contributed by atoms with van der Waals surface area (Å²) < 4.78 is 0. The van der Waals surface area contributed by atoms with Gasteiger partial charge in [0.25, 0.3) is 0 Å². The first-order valence-electron chi connectivity index (χ1n) is 8.21. The number of amides is 2. The van der Waals surface area contributed by atoms with Crippen molar-refractivity contribution >= 4 is 29.3 Å². The van der Waals surface area contributed by atoms with Gasteiger partial charge in [0.15, 0.2) is 5.78 Å². The topological polar surface area (TPSA) is 58.2 Å². The van der Waals surface area contributed by atoms with Crippen LogP contribution in [0.3, 0.4) is 0 Å². The number of carbonyl (C=O) groups excluding carboxylic acids is 2. The number of hydrogen-bond acceptors (Lipinski definition) is 2. The normalized spacial score (nSPS) is 10.5. The fourth-order valence-electron chi connectivity index (χ4n) is 2.40. The summed E-state index contributed by atoms with van der Waals surface area (Å²) >= 11 is 0. The summed E-state index contributed by atoms with van der Waals surface area (Å²) in [6, 6.07) is 25.3. The van der Waals surface area contributed by atoms with E-state index in [-0.39, 0.29) is 11.8 Å². The van der Waals surface area contributed by atoms with E-state index in [0.29, 0.717) is 16.9 Å². The van der Waals surface area contributed by atoms with Gasteiger partial charge in [-0.05, 0) is 35.9 Å². The highest BCUT2D eigenvalue weighted by Crippen LogP contribution is 2.14. The number of rotatable bonds is 5. The summed E-state index contributed by atoms with van der Waals surface area (Å²) in [4.78, 5) is 24.4. The second-order valence-electron chi connectivity index (χ2n) is 5.63. The highest BCUT2D eigenvalue weighted by atomic mass is 16.2. The monoisotopic (exact) mass is 342 g/mol. The van der Waals surface area contributed by atoms with Crippen LogP contribution in [0, 0.1) is 0 Å². The number of anilines is 2. The number of urea groups is 1. The first kappa shape index (κ1) is 17.2. The fraction of sp³-hybridized carbons (Fsp3) is 0. The van der Waals surface area contributed by atoms with Crippen LogP contribution in [0.2, 0.25) is 0 Å². The molecular weight excluding hydrogens is 324 g/mol. The maximum atomic E-state index is 12.3. The first-order chi connectivity index (χ1) is 12.7. The molecule has 0 spiro atoms. The number of nitrogens with one attached hydrogen (secondary N) is 2. The maximum absolute atomic E-state index is 12.3. The third-order valence-electron chi connectivity index (χ3n) is 3.66. The number of benzene rings is 3. The lowest BCUT2D eigenvalue weighted by Crippen LogP contribution is -2.19. The average Bonchev–Trinajstić information content (AvgIpc) is 2.68. The molecule has 0 aromatic heterocycles. The van der Waals surface area contributed by atoms with E-state index >= 15 is 0 Å². The number of hydrogen-bond donors (Lipinski definition) is 2. The molecule has 0 radical (unpaired) electrons. The Labute approximate surface area is 152 Å². The van der Waals surface area contributed by atoms with Crippen molar-refractivity contribution in [1.29, 1.82) is 0 Å². The average molecular weight is 342 g/mol. The highest BCUT2D eigenvalue weighted by molar-refractivity contribution is 6.08. The minimum absolute atomic E-state index is 0.124. The van der Waals surface area contributed by atoms with E-state index in [4.69, 9.17) is 0 Å². The van der Waals surface area contributed by atoms with Gasteiger partial charge in [-0.2, -0.15) is 0 Å². The van der Waals surface area contributed by atoms with Crippen molar-refractivity contribution in [3.05, 3.63) is 102 Å². The SMILES string of the molecule is O=C(Nc1ccccc1)Nc1cccc(C(=O)/C=C/c2ccccc2)c1. The van der Waals surface area contributed by atoms with Crippen LogP contribution in [-0.4, -0.2) is 11.8 Å². The molecule has 0 fully saturated rings. The summed E-state index contributed by atoms with van der Waals surface area (Å²) in [5.41, 5.74) is 2.72. The molecule has 4 nitrogen and oxygen atoms in total. The minimum Gasteiger partial charge on any atom is -0.308 e. The Morgan fingerprint density at radius 2 is 1.31 bits per heavy atom. The zero-order valence-electron chi connectivity index (χ0n) is 14.1. The number of para-hydroxylation sites is 1. The molecule has 3 aromatic rings. The smallest absolute Gasteiger partial charge is 0.308 e. The van der Waals surface area contributed by atoms with E-state index < -0.39 is 0 Å². The first-order valence-corrected chi connectivity index (χ1v) is 8.21. The van der Waals surface area contributed by atoms with Crippen molar-refractivity contribution in [3.63, 3.8) is 0 Å². The maximum Gasteiger partial charge on any atom is 0.323 e. The Kier molecular flexibility index (Phi) is 5.58. The zero-order valence-corrected chi connectivity index (χ0v) is 14.1. The van der Waals surface area contributed by atoms with E-state index in [0.717, 1.165) is 5.56 Å². The largest absolute Gasteiger partial charge is 0.323 e. The second-order valence-corrected chi connectivity index (χ2v) is 5.63. The quantitative estimate of drug-likeness (QED) is 0.493. The predicted molar refractivity (Wildman–Crippen MR) is 105 cm³/mol. The molecule has 0 aliphatic carbocycles. The van der Waals surface area contributed by atoms with E-state index in [1.165, 1.54) is 6.08 Å². The van der Waals surface area contributed by atoms with Crippen molar-refractivity contribution < 1.29 is 9.59 Å². The molecule has 0 saturated carbocycles. The minimum atomic E-state index is -0.361. The van der Waals surface area contributed by atoms with Gasteiger partial charge in [-0.3, -0.25) is 4.79 Å². The van der Waals surface area contributed by atoms with Crippen LogP contribution in [0.5, 0.6) is 0 Å². The molecule has 0 aliphatic heterocycles. The Balaban J connectivity index is 1.65. The number of carbonyl (C=O) groups is 2. The van der Waals surface area contributed by atoms with Crippen molar-refractivity contribution in [1.82, 2.24) is 0 Å². The van der Waals surface area contributed by atoms with Gasteiger partial charge in [0.1, 0.15) is 0 Å². The van der Waals surface area contributed by atoms with Crippen molar-refractivity contribution in [2.75, 3.05) is 10.6 Å². The number of allylic oxidation sites excluding steroid dienone is 1. The second kappa shape index (κ2) is 8.44. The van der Waals surface area contributed by atoms with Crippen LogP contribution in [0.15, 0.2) is 91.0 Å². The van der Waals surface area contributed by atoms with Crippen LogP contribution in [0.1, 0.15) is 15.9 Å². The molecular formula is C22H18N2O2. The van der Waals surface area contributed by atoms with Gasteiger partial charge >= 0.3 is 6.03 Å². The van der Waals surface area contributed by atoms with E-state index in [2.05, 4.69) is 10.6 Å². The van der Waals surface area contributed by atoms with E-state index in [1.54, 1.807) is 42.5 Å². The molecule has 26 heavy (non-hydrogen) atoms. The lowest BCUT2D eigenvalue weighted by molar-refractivity contribution is 0.104. The summed E-state index contributed by atoms with van der Waals surface area (Å²) in [6.45, 7) is 0. The van der Waals surface area contributed by atoms with Crippen LogP contribution in [0.4, 0.5) is 16.2 Å². The van der Waals surface area contributed by atoms with Crippen molar-refractivity contribution in [2.45, 2.75) is 0 Å². The Bertz CT molecular complexity index is 919. The van der Waals surface area contributed by atoms with Crippen molar-refractivity contribution in [2.24, 2.45) is 0 Å². The Morgan fingerprint density at radius 1 is 0.692 bits per heavy atom. The molecule has 128 valence electrons. The standard InChI is InChI=1S/C22H18N2O2/c25-21(15-14-17-8-3-1-4-9-17)18-10-7-13-20(16-18)24-22(26)23-19-11-5-2-6-12-19/h1-16H,(H2,23,24,26)/b15-14+. The Hall–Kier alpha value is -3.66. The number of ketones is 1. The highest BCUT2D eigenvalue weighted by Gasteiger charge is 2.06. The molecule has 3 aromatic carbocycles. The summed E-state index contributed by atoms with van der Waals surface area (Å²) in [5, 5.41) is 5.47. The summed E-state index contributed by atoms with van der Waals surface area (Å²) in [7, 11) is 0. The molecule has 0 atom stereocenters. The third-order valence-corrected chi connectivity index (χ3v) is 3.66. The summed E-state index contributed by atoms with van der Waals surface area (Å²) in [6.07, 6.45) is 3.29. The molecule has 0 heterocycles. The van der Waals surface area contributed by atoms with E-state index in [9.17, 15) is 9.59 Å². The van der Waals surface area contributed by atoms with Gasteiger partial charge in [-0.1, -0.05) is 66.7 Å². The lowest BCUT2D eigenvalue weighted by atomic mass is 10.1. The molecule has 2 N–H and O–H groups in total. The molecule has 0 unspecified atom stereocenters. The van der Waals surface area contributed by atoms with Gasteiger partial charge < -0.3 is 10.6 Å².